The molecule has 1 unspecified atom stereocenters. The average molecular weight is 208 g/mol. The number of rotatable bonds is 2. The summed E-state index contributed by atoms with van der Waals surface area (Å²) in [5, 5.41) is 0. The zero-order valence-electron chi connectivity index (χ0n) is 9.19. The van der Waals surface area contributed by atoms with Crippen molar-refractivity contribution in [1.29, 1.82) is 0 Å². The van der Waals surface area contributed by atoms with Crippen LogP contribution in [-0.4, -0.2) is 41.4 Å². The van der Waals surface area contributed by atoms with E-state index < -0.39 is 0 Å². The molecule has 4 heteroatoms. The number of allylic oxidation sites excluding steroid dienone is 1. The van der Waals surface area contributed by atoms with Gasteiger partial charge in [0.2, 0.25) is 0 Å². The number of imide groups is 1. The molecule has 0 saturated carbocycles. The third kappa shape index (κ3) is 1.64. The molecule has 4 nitrogen and oxygen atoms in total. The summed E-state index contributed by atoms with van der Waals surface area (Å²) in [5.74, 6) is -0.0738. The molecule has 0 N–H and O–H groups in total. The summed E-state index contributed by atoms with van der Waals surface area (Å²) < 4.78 is 0. The Morgan fingerprint density at radius 2 is 2.20 bits per heavy atom. The molecule has 2 rings (SSSR count). The molecular formula is C11H16N2O2. The largest absolute Gasteiger partial charge is 0.327 e. The van der Waals surface area contributed by atoms with Crippen molar-refractivity contribution in [2.75, 3.05) is 13.6 Å². The first-order valence-corrected chi connectivity index (χ1v) is 5.37. The Morgan fingerprint density at radius 1 is 1.47 bits per heavy atom. The first kappa shape index (κ1) is 10.2. The summed E-state index contributed by atoms with van der Waals surface area (Å²) in [7, 11) is 1.67. The number of urea groups is 1. The topological polar surface area (TPSA) is 40.6 Å². The highest BCUT2D eigenvalue weighted by atomic mass is 16.2. The van der Waals surface area contributed by atoms with Crippen LogP contribution in [0.2, 0.25) is 0 Å². The normalized spacial score (nSPS) is 26.5. The molecule has 3 amide bonds. The summed E-state index contributed by atoms with van der Waals surface area (Å²) >= 11 is 0. The summed E-state index contributed by atoms with van der Waals surface area (Å²) in [6, 6.07) is -0.472. The Kier molecular flexibility index (Phi) is 2.50. The molecule has 0 aromatic rings. The number of hydrogen-bond acceptors (Lipinski definition) is 2. The fraction of sp³-hybridized carbons (Fsp3) is 0.636. The first-order valence-electron chi connectivity index (χ1n) is 5.37. The van der Waals surface area contributed by atoms with Gasteiger partial charge in [0.15, 0.2) is 0 Å². The van der Waals surface area contributed by atoms with Crippen LogP contribution in [0, 0.1) is 0 Å². The Hall–Kier alpha value is -1.32. The van der Waals surface area contributed by atoms with Gasteiger partial charge in [-0.1, -0.05) is 11.6 Å². The van der Waals surface area contributed by atoms with E-state index in [1.54, 1.807) is 14.0 Å². The minimum atomic E-state index is -0.306. The number of carbonyl (C=O) groups is 2. The number of amides is 3. The van der Waals surface area contributed by atoms with Crippen LogP contribution in [0.3, 0.4) is 0 Å². The van der Waals surface area contributed by atoms with Gasteiger partial charge in [-0.25, -0.2) is 4.79 Å². The fourth-order valence-electron chi connectivity index (χ4n) is 2.07. The van der Waals surface area contributed by atoms with E-state index in [0.29, 0.717) is 6.54 Å². The van der Waals surface area contributed by atoms with E-state index in [0.717, 1.165) is 19.3 Å². The van der Waals surface area contributed by atoms with Crippen LogP contribution in [0.15, 0.2) is 11.6 Å². The lowest BCUT2D eigenvalue weighted by Crippen LogP contribution is -2.33. The Labute approximate surface area is 89.5 Å². The van der Waals surface area contributed by atoms with E-state index in [2.05, 4.69) is 6.08 Å². The zero-order valence-corrected chi connectivity index (χ0v) is 9.19. The monoisotopic (exact) mass is 208 g/mol. The molecular weight excluding hydrogens is 192 g/mol. The van der Waals surface area contributed by atoms with E-state index in [1.807, 2.05) is 0 Å². The van der Waals surface area contributed by atoms with Crippen molar-refractivity contribution in [3.63, 3.8) is 0 Å². The van der Waals surface area contributed by atoms with Gasteiger partial charge in [-0.15, -0.1) is 0 Å². The lowest BCUT2D eigenvalue weighted by Gasteiger charge is -2.14. The minimum absolute atomic E-state index is 0.0738. The summed E-state index contributed by atoms with van der Waals surface area (Å²) in [5.41, 5.74) is 1.22. The maximum absolute atomic E-state index is 11.8. The van der Waals surface area contributed by atoms with Gasteiger partial charge in [0, 0.05) is 7.05 Å². The minimum Gasteiger partial charge on any atom is -0.316 e. The third-order valence-electron chi connectivity index (χ3n) is 3.23. The highest BCUT2D eigenvalue weighted by Gasteiger charge is 2.40. The Bertz CT molecular complexity index is 315. The van der Waals surface area contributed by atoms with Gasteiger partial charge >= 0.3 is 6.03 Å². The smallest absolute Gasteiger partial charge is 0.316 e. The van der Waals surface area contributed by atoms with Crippen LogP contribution in [0.4, 0.5) is 4.79 Å². The van der Waals surface area contributed by atoms with Crippen molar-refractivity contribution >= 4 is 11.9 Å². The van der Waals surface area contributed by atoms with Crippen molar-refractivity contribution in [3.05, 3.63) is 11.6 Å². The second-order valence-electron chi connectivity index (χ2n) is 4.25. The van der Waals surface area contributed by atoms with Crippen LogP contribution in [0.25, 0.3) is 0 Å². The van der Waals surface area contributed by atoms with Gasteiger partial charge in [0.25, 0.3) is 5.91 Å². The van der Waals surface area contributed by atoms with Gasteiger partial charge in [0.1, 0.15) is 6.04 Å². The first-order chi connectivity index (χ1) is 7.11. The van der Waals surface area contributed by atoms with Crippen LogP contribution in [0.1, 0.15) is 26.2 Å². The molecule has 0 spiro atoms. The lowest BCUT2D eigenvalue weighted by molar-refractivity contribution is -0.127. The predicted octanol–water partition coefficient (Wildman–Crippen LogP) is 1.38. The van der Waals surface area contributed by atoms with Crippen LogP contribution < -0.4 is 0 Å². The highest BCUT2D eigenvalue weighted by Crippen LogP contribution is 2.22. The molecule has 1 heterocycles. The molecule has 15 heavy (non-hydrogen) atoms. The number of likely N-dealkylation sites (N-methyl/N-ethyl adjacent to an activating group) is 1. The second kappa shape index (κ2) is 3.68. The molecule has 82 valence electrons. The van der Waals surface area contributed by atoms with Crippen molar-refractivity contribution in [1.82, 2.24) is 9.80 Å². The molecule has 0 aromatic heterocycles. The maximum atomic E-state index is 11.8. The highest BCUT2D eigenvalue weighted by molar-refractivity contribution is 6.04. The van der Waals surface area contributed by atoms with Crippen molar-refractivity contribution in [3.8, 4) is 0 Å². The molecule has 0 aromatic carbocycles. The van der Waals surface area contributed by atoms with Crippen LogP contribution >= 0.6 is 0 Å². The Balaban J connectivity index is 2.09. The number of carbonyl (C=O) groups excluding carboxylic acids is 2. The molecule has 1 atom stereocenters. The molecule has 0 bridgehead atoms. The Morgan fingerprint density at radius 3 is 2.67 bits per heavy atom. The maximum Gasteiger partial charge on any atom is 0.327 e. The summed E-state index contributed by atoms with van der Waals surface area (Å²) in [6.07, 6.45) is 5.40. The van der Waals surface area contributed by atoms with Crippen molar-refractivity contribution in [2.24, 2.45) is 0 Å². The molecule has 1 saturated heterocycles. The van der Waals surface area contributed by atoms with Gasteiger partial charge in [-0.3, -0.25) is 9.69 Å². The molecule has 0 radical (unpaired) electrons. The molecule has 1 aliphatic carbocycles. The average Bonchev–Trinajstić information content (AvgIpc) is 2.79. The fourth-order valence-corrected chi connectivity index (χ4v) is 2.07. The van der Waals surface area contributed by atoms with E-state index >= 15 is 0 Å². The lowest BCUT2D eigenvalue weighted by atomic mass is 10.2. The second-order valence-corrected chi connectivity index (χ2v) is 4.25. The van der Waals surface area contributed by atoms with E-state index in [9.17, 15) is 9.59 Å². The SMILES string of the molecule is CC1C(=O)N(CC2=CCCC2)C(=O)N1C. The van der Waals surface area contributed by atoms with Gasteiger partial charge in [-0.2, -0.15) is 0 Å². The molecule has 1 fully saturated rings. The van der Waals surface area contributed by atoms with Gasteiger partial charge in [0.05, 0.1) is 6.54 Å². The van der Waals surface area contributed by atoms with Crippen molar-refractivity contribution in [2.45, 2.75) is 32.2 Å². The molecule has 1 aliphatic heterocycles. The van der Waals surface area contributed by atoms with Crippen LogP contribution in [-0.2, 0) is 4.79 Å². The zero-order chi connectivity index (χ0) is 11.0. The third-order valence-corrected chi connectivity index (χ3v) is 3.23. The quantitative estimate of drug-likeness (QED) is 0.508. The van der Waals surface area contributed by atoms with E-state index in [-0.39, 0.29) is 18.0 Å². The van der Waals surface area contributed by atoms with E-state index in [4.69, 9.17) is 0 Å². The van der Waals surface area contributed by atoms with Gasteiger partial charge in [-0.05, 0) is 26.2 Å². The van der Waals surface area contributed by atoms with Gasteiger partial charge < -0.3 is 4.90 Å². The number of hydrogen-bond donors (Lipinski definition) is 0. The predicted molar refractivity (Wildman–Crippen MR) is 56.3 cm³/mol. The summed E-state index contributed by atoms with van der Waals surface area (Å²) in [4.78, 5) is 26.3. The summed E-state index contributed by atoms with van der Waals surface area (Å²) in [6.45, 7) is 2.26. The number of nitrogens with zero attached hydrogens (tertiary/aromatic N) is 2. The molecule has 2 aliphatic rings. The van der Waals surface area contributed by atoms with Crippen molar-refractivity contribution < 1.29 is 9.59 Å². The van der Waals surface area contributed by atoms with E-state index in [1.165, 1.54) is 15.4 Å². The standard InChI is InChI=1S/C11H16N2O2/c1-8-10(14)13(11(15)12(8)2)7-9-5-3-4-6-9/h5,8H,3-4,6-7H2,1-2H3. The van der Waals surface area contributed by atoms with Crippen LogP contribution in [0.5, 0.6) is 0 Å².